The van der Waals surface area contributed by atoms with Gasteiger partial charge in [-0.15, -0.1) is 0 Å². The van der Waals surface area contributed by atoms with Gasteiger partial charge < -0.3 is 14.7 Å². The van der Waals surface area contributed by atoms with E-state index in [0.29, 0.717) is 25.0 Å². The van der Waals surface area contributed by atoms with Crippen LogP contribution in [0.15, 0.2) is 6.07 Å². The Hall–Kier alpha value is -1.89. The smallest absolute Gasteiger partial charge is 0.304 e. The van der Waals surface area contributed by atoms with Crippen LogP contribution in [0.2, 0.25) is 0 Å². The number of rotatable bonds is 6. The molecule has 0 saturated carbocycles. The molecular formula is C14H22N4O3. The van der Waals surface area contributed by atoms with Gasteiger partial charge in [0.05, 0.1) is 13.0 Å². The minimum absolute atomic E-state index is 0.190. The number of aromatic nitrogens is 2. The molecule has 0 aliphatic carbocycles. The molecule has 1 N–H and O–H groups in total. The maximum absolute atomic E-state index is 10.6. The number of piperazine rings is 1. The van der Waals surface area contributed by atoms with E-state index in [0.717, 1.165) is 31.9 Å². The summed E-state index contributed by atoms with van der Waals surface area (Å²) in [4.78, 5) is 23.8. The lowest BCUT2D eigenvalue weighted by atomic mass is 10.3. The Bertz CT molecular complexity index is 487. The second kappa shape index (κ2) is 7.21. The maximum atomic E-state index is 10.6. The van der Waals surface area contributed by atoms with Crippen LogP contribution in [-0.4, -0.2) is 65.3 Å². The largest absolute Gasteiger partial charge is 0.481 e. The Morgan fingerprint density at radius 1 is 1.33 bits per heavy atom. The van der Waals surface area contributed by atoms with Gasteiger partial charge >= 0.3 is 5.97 Å². The Labute approximate surface area is 124 Å². The normalized spacial score (nSPS) is 16.0. The van der Waals surface area contributed by atoms with Gasteiger partial charge in [0, 0.05) is 44.5 Å². The Morgan fingerprint density at radius 2 is 2.05 bits per heavy atom. The van der Waals surface area contributed by atoms with Crippen molar-refractivity contribution in [2.45, 2.75) is 20.3 Å². The molecule has 7 heteroatoms. The van der Waals surface area contributed by atoms with Gasteiger partial charge in [-0.1, -0.05) is 0 Å². The van der Waals surface area contributed by atoms with Crippen molar-refractivity contribution in [3.05, 3.63) is 11.8 Å². The van der Waals surface area contributed by atoms with E-state index in [1.165, 1.54) is 0 Å². The molecular weight excluding hydrogens is 272 g/mol. The van der Waals surface area contributed by atoms with Crippen LogP contribution in [0.3, 0.4) is 0 Å². The molecule has 1 aliphatic heterocycles. The van der Waals surface area contributed by atoms with Crippen molar-refractivity contribution < 1.29 is 14.6 Å². The van der Waals surface area contributed by atoms with Gasteiger partial charge in [0.1, 0.15) is 0 Å². The maximum Gasteiger partial charge on any atom is 0.304 e. The molecule has 0 atom stereocenters. The van der Waals surface area contributed by atoms with Crippen molar-refractivity contribution in [3.63, 3.8) is 0 Å². The highest BCUT2D eigenvalue weighted by Gasteiger charge is 2.20. The molecule has 1 aromatic heterocycles. The first kappa shape index (κ1) is 15.5. The number of hydrogen-bond acceptors (Lipinski definition) is 6. The van der Waals surface area contributed by atoms with Crippen LogP contribution in [0.5, 0.6) is 5.88 Å². The molecule has 0 unspecified atom stereocenters. The third-order valence-electron chi connectivity index (χ3n) is 3.41. The third-order valence-corrected chi connectivity index (χ3v) is 3.41. The minimum atomic E-state index is -0.749. The molecule has 2 rings (SSSR count). The van der Waals surface area contributed by atoms with E-state index in [1.54, 1.807) is 0 Å². The average molecular weight is 294 g/mol. The standard InChI is InChI=1S/C14H22N4O3/c1-3-21-12-10-11(2)15-14(16-12)18-8-6-17(7-9-18)5-4-13(19)20/h10H,3-9H2,1-2H3,(H,19,20). The van der Waals surface area contributed by atoms with E-state index in [1.807, 2.05) is 19.9 Å². The van der Waals surface area contributed by atoms with E-state index in [9.17, 15) is 4.79 Å². The predicted molar refractivity (Wildman–Crippen MR) is 78.8 cm³/mol. The Kier molecular flexibility index (Phi) is 5.32. The van der Waals surface area contributed by atoms with E-state index >= 15 is 0 Å². The van der Waals surface area contributed by atoms with Crippen LogP contribution in [0.4, 0.5) is 5.95 Å². The second-order valence-corrected chi connectivity index (χ2v) is 5.05. The Morgan fingerprint density at radius 3 is 2.67 bits per heavy atom. The van der Waals surface area contributed by atoms with Gasteiger partial charge in [0.25, 0.3) is 0 Å². The van der Waals surface area contributed by atoms with E-state index < -0.39 is 5.97 Å². The summed E-state index contributed by atoms with van der Waals surface area (Å²) < 4.78 is 5.45. The fraction of sp³-hybridized carbons (Fsp3) is 0.643. The summed E-state index contributed by atoms with van der Waals surface area (Å²) in [5.74, 6) is 0.547. The zero-order valence-corrected chi connectivity index (χ0v) is 12.6. The van der Waals surface area contributed by atoms with Crippen LogP contribution >= 0.6 is 0 Å². The summed E-state index contributed by atoms with van der Waals surface area (Å²) in [5.41, 5.74) is 0.886. The van der Waals surface area contributed by atoms with Gasteiger partial charge in [-0.05, 0) is 13.8 Å². The number of aliphatic carboxylic acids is 1. The number of carboxylic acid groups (broad SMARTS) is 1. The molecule has 0 radical (unpaired) electrons. The molecule has 0 amide bonds. The summed E-state index contributed by atoms with van der Waals surface area (Å²) in [7, 11) is 0. The highest BCUT2D eigenvalue weighted by atomic mass is 16.5. The van der Waals surface area contributed by atoms with Crippen LogP contribution in [0.1, 0.15) is 19.0 Å². The van der Waals surface area contributed by atoms with Gasteiger partial charge in [0.15, 0.2) is 0 Å². The molecule has 7 nitrogen and oxygen atoms in total. The first-order chi connectivity index (χ1) is 10.1. The van der Waals surface area contributed by atoms with Crippen LogP contribution in [0.25, 0.3) is 0 Å². The molecule has 0 bridgehead atoms. The number of ether oxygens (including phenoxy) is 1. The summed E-state index contributed by atoms with van der Waals surface area (Å²) in [5, 5.41) is 8.71. The minimum Gasteiger partial charge on any atom is -0.481 e. The highest BCUT2D eigenvalue weighted by molar-refractivity contribution is 5.66. The first-order valence-electron chi connectivity index (χ1n) is 7.26. The molecule has 0 spiro atoms. The summed E-state index contributed by atoms with van der Waals surface area (Å²) in [6.45, 7) is 8.29. The third kappa shape index (κ3) is 4.56. The number of carbonyl (C=O) groups is 1. The topological polar surface area (TPSA) is 78.8 Å². The predicted octanol–water partition coefficient (Wildman–Crippen LogP) is 0.780. The van der Waals surface area contributed by atoms with Crippen molar-refractivity contribution in [2.24, 2.45) is 0 Å². The van der Waals surface area contributed by atoms with Crippen LogP contribution < -0.4 is 9.64 Å². The highest BCUT2D eigenvalue weighted by Crippen LogP contribution is 2.17. The lowest BCUT2D eigenvalue weighted by molar-refractivity contribution is -0.137. The molecule has 2 heterocycles. The molecule has 1 saturated heterocycles. The zero-order valence-electron chi connectivity index (χ0n) is 12.6. The van der Waals surface area contributed by atoms with E-state index in [4.69, 9.17) is 9.84 Å². The number of aryl methyl sites for hydroxylation is 1. The second-order valence-electron chi connectivity index (χ2n) is 5.05. The first-order valence-corrected chi connectivity index (χ1v) is 7.26. The number of hydrogen-bond donors (Lipinski definition) is 1. The fourth-order valence-electron chi connectivity index (χ4n) is 2.31. The van der Waals surface area contributed by atoms with Crippen LogP contribution in [0, 0.1) is 6.92 Å². The molecule has 21 heavy (non-hydrogen) atoms. The number of nitrogens with zero attached hydrogens (tertiary/aromatic N) is 4. The molecule has 1 aliphatic rings. The monoisotopic (exact) mass is 294 g/mol. The summed E-state index contributed by atoms with van der Waals surface area (Å²) >= 11 is 0. The molecule has 1 aromatic rings. The number of carboxylic acids is 1. The molecule has 116 valence electrons. The van der Waals surface area contributed by atoms with Crippen molar-refractivity contribution in [3.8, 4) is 5.88 Å². The van der Waals surface area contributed by atoms with Gasteiger partial charge in [-0.3, -0.25) is 9.69 Å². The Balaban J connectivity index is 1.94. The average Bonchev–Trinajstić information content (AvgIpc) is 2.45. The lowest BCUT2D eigenvalue weighted by Gasteiger charge is -2.34. The van der Waals surface area contributed by atoms with Crippen molar-refractivity contribution in [1.29, 1.82) is 0 Å². The SMILES string of the molecule is CCOc1cc(C)nc(N2CCN(CCC(=O)O)CC2)n1. The zero-order chi connectivity index (χ0) is 15.2. The van der Waals surface area contributed by atoms with Crippen molar-refractivity contribution in [1.82, 2.24) is 14.9 Å². The number of anilines is 1. The molecule has 1 fully saturated rings. The van der Waals surface area contributed by atoms with Crippen LogP contribution in [-0.2, 0) is 4.79 Å². The summed E-state index contributed by atoms with van der Waals surface area (Å²) in [6.07, 6.45) is 0.190. The molecule has 0 aromatic carbocycles. The van der Waals surface area contributed by atoms with Gasteiger partial charge in [-0.2, -0.15) is 4.98 Å². The van der Waals surface area contributed by atoms with Crippen molar-refractivity contribution in [2.75, 3.05) is 44.2 Å². The van der Waals surface area contributed by atoms with Crippen molar-refractivity contribution >= 4 is 11.9 Å². The quantitative estimate of drug-likeness (QED) is 0.830. The van der Waals surface area contributed by atoms with Gasteiger partial charge in [-0.25, -0.2) is 4.98 Å². The summed E-state index contributed by atoms with van der Waals surface area (Å²) in [6, 6.07) is 1.83. The van der Waals surface area contributed by atoms with Gasteiger partial charge in [0.2, 0.25) is 11.8 Å². The van der Waals surface area contributed by atoms with E-state index in [-0.39, 0.29) is 6.42 Å². The lowest BCUT2D eigenvalue weighted by Crippen LogP contribution is -2.47. The van der Waals surface area contributed by atoms with E-state index in [2.05, 4.69) is 19.8 Å². The fourth-order valence-corrected chi connectivity index (χ4v) is 2.31.